The zero-order valence-electron chi connectivity index (χ0n) is 12.7. The normalized spacial score (nSPS) is 23.4. The van der Waals surface area contributed by atoms with Crippen molar-refractivity contribution in [2.75, 3.05) is 7.11 Å². The van der Waals surface area contributed by atoms with Gasteiger partial charge in [-0.1, -0.05) is 19.9 Å². The van der Waals surface area contributed by atoms with Gasteiger partial charge in [0.15, 0.2) is 0 Å². The van der Waals surface area contributed by atoms with E-state index in [0.717, 1.165) is 24.0 Å². The average Bonchev–Trinajstić information content (AvgIpc) is 2.47. The molecule has 1 aliphatic rings. The van der Waals surface area contributed by atoms with Crippen molar-refractivity contribution in [3.63, 3.8) is 0 Å². The Morgan fingerprint density at radius 1 is 1.43 bits per heavy atom. The number of phenolic OH excluding ortho intramolecular Hbond substituents is 1. The minimum Gasteiger partial charge on any atom is -0.508 e. The predicted octanol–water partition coefficient (Wildman–Crippen LogP) is 2.66. The Morgan fingerprint density at radius 3 is 2.62 bits per heavy atom. The van der Waals surface area contributed by atoms with E-state index in [-0.39, 0.29) is 23.3 Å². The maximum Gasteiger partial charge on any atom is 0.404 e. The fourth-order valence-electron chi connectivity index (χ4n) is 3.72. The van der Waals surface area contributed by atoms with E-state index in [1.807, 2.05) is 19.9 Å². The quantitative estimate of drug-likeness (QED) is 0.797. The maximum atomic E-state index is 11.2. The monoisotopic (exact) mass is 293 g/mol. The van der Waals surface area contributed by atoms with Crippen LogP contribution in [0.3, 0.4) is 0 Å². The van der Waals surface area contributed by atoms with Crippen LogP contribution in [0.2, 0.25) is 0 Å². The summed E-state index contributed by atoms with van der Waals surface area (Å²) in [5, 5.41) is 21.7. The summed E-state index contributed by atoms with van der Waals surface area (Å²) in [7, 11) is 1.61. The number of ether oxygens (including phenoxy) is 1. The highest BCUT2D eigenvalue weighted by Gasteiger charge is 2.47. The molecule has 2 rings (SSSR count). The van der Waals surface area contributed by atoms with Crippen LogP contribution in [-0.2, 0) is 16.6 Å². The molecular weight excluding hydrogens is 270 g/mol. The van der Waals surface area contributed by atoms with Crippen LogP contribution in [0.25, 0.3) is 0 Å². The van der Waals surface area contributed by atoms with E-state index in [0.29, 0.717) is 6.42 Å². The van der Waals surface area contributed by atoms with Gasteiger partial charge in [0.05, 0.1) is 12.1 Å². The van der Waals surface area contributed by atoms with E-state index >= 15 is 0 Å². The molecule has 0 heterocycles. The van der Waals surface area contributed by atoms with Crippen LogP contribution in [0.4, 0.5) is 4.79 Å². The number of rotatable bonds is 4. The molecule has 1 aliphatic carbocycles. The Labute approximate surface area is 124 Å². The second-order valence-electron chi connectivity index (χ2n) is 5.61. The van der Waals surface area contributed by atoms with E-state index in [1.165, 1.54) is 0 Å². The number of benzene rings is 1. The highest BCUT2D eigenvalue weighted by atomic mass is 16.5. The summed E-state index contributed by atoms with van der Waals surface area (Å²) in [6.07, 6.45) is 0.920. The first kappa shape index (κ1) is 15.6. The van der Waals surface area contributed by atoms with Crippen LogP contribution in [0.1, 0.15) is 37.8 Å². The fourth-order valence-corrected chi connectivity index (χ4v) is 3.72. The van der Waals surface area contributed by atoms with Crippen molar-refractivity contribution < 1.29 is 19.7 Å². The van der Waals surface area contributed by atoms with Gasteiger partial charge >= 0.3 is 6.09 Å². The Balaban J connectivity index is 2.60. The molecule has 0 aromatic heterocycles. The molecule has 21 heavy (non-hydrogen) atoms. The first-order valence-corrected chi connectivity index (χ1v) is 7.33. The summed E-state index contributed by atoms with van der Waals surface area (Å²) in [6, 6.07) is 5.02. The third-order valence-corrected chi connectivity index (χ3v) is 4.86. The van der Waals surface area contributed by atoms with Crippen molar-refractivity contribution in [1.82, 2.24) is 5.32 Å². The molecular formula is C16H23NO4. The summed E-state index contributed by atoms with van der Waals surface area (Å²) in [4.78, 5) is 11.2. The molecule has 116 valence electrons. The van der Waals surface area contributed by atoms with Gasteiger partial charge in [0.25, 0.3) is 0 Å². The highest BCUT2D eigenvalue weighted by molar-refractivity contribution is 5.66. The molecule has 0 aliphatic heterocycles. The Morgan fingerprint density at radius 2 is 2.10 bits per heavy atom. The molecule has 0 saturated heterocycles. The molecule has 0 fully saturated rings. The predicted molar refractivity (Wildman–Crippen MR) is 79.8 cm³/mol. The second kappa shape index (κ2) is 5.93. The van der Waals surface area contributed by atoms with Crippen molar-refractivity contribution in [3.8, 4) is 5.75 Å². The Kier molecular flexibility index (Phi) is 4.42. The number of carboxylic acid groups (broad SMARTS) is 1. The van der Waals surface area contributed by atoms with Crippen LogP contribution in [0.15, 0.2) is 18.2 Å². The lowest BCUT2D eigenvalue weighted by Crippen LogP contribution is -2.60. The van der Waals surface area contributed by atoms with E-state index < -0.39 is 6.09 Å². The SMILES string of the molecule is CCC1(CC)c2cc(O)ccc2C[C@@H](OC)[C@H]1NC(=O)O. The summed E-state index contributed by atoms with van der Waals surface area (Å²) in [6.45, 7) is 4.10. The topological polar surface area (TPSA) is 78.8 Å². The first-order valence-electron chi connectivity index (χ1n) is 7.33. The minimum absolute atomic E-state index is 0.210. The number of fused-ring (bicyclic) bond motifs is 1. The fraction of sp³-hybridized carbons (Fsp3) is 0.562. The standard InChI is InChI=1S/C16H23NO4/c1-4-16(5-2)12-9-11(18)7-6-10(12)8-13(21-3)14(16)17-15(19)20/h6-7,9,13-14,17-18H,4-5,8H2,1-3H3,(H,19,20)/t13-,14-/m1/s1. The number of hydrogen-bond acceptors (Lipinski definition) is 3. The van der Waals surface area contributed by atoms with E-state index in [4.69, 9.17) is 4.74 Å². The molecule has 2 atom stereocenters. The lowest BCUT2D eigenvalue weighted by Gasteiger charge is -2.48. The number of hydrogen-bond donors (Lipinski definition) is 3. The summed E-state index contributed by atoms with van der Waals surface area (Å²) in [5.74, 6) is 0.213. The van der Waals surface area contributed by atoms with Crippen molar-refractivity contribution in [3.05, 3.63) is 29.3 Å². The van der Waals surface area contributed by atoms with E-state index in [1.54, 1.807) is 19.2 Å². The van der Waals surface area contributed by atoms with E-state index in [9.17, 15) is 15.0 Å². The van der Waals surface area contributed by atoms with Gasteiger partial charge in [-0.05, 0) is 36.1 Å². The van der Waals surface area contributed by atoms with Crippen molar-refractivity contribution in [1.29, 1.82) is 0 Å². The molecule has 0 saturated carbocycles. The smallest absolute Gasteiger partial charge is 0.404 e. The summed E-state index contributed by atoms with van der Waals surface area (Å²) in [5.41, 5.74) is 1.78. The molecule has 1 aromatic carbocycles. The van der Waals surface area contributed by atoms with Gasteiger partial charge in [-0.2, -0.15) is 0 Å². The largest absolute Gasteiger partial charge is 0.508 e. The van der Waals surface area contributed by atoms with Gasteiger partial charge in [-0.15, -0.1) is 0 Å². The number of methoxy groups -OCH3 is 1. The lowest BCUT2D eigenvalue weighted by atomic mass is 9.62. The number of aromatic hydroxyl groups is 1. The van der Waals surface area contributed by atoms with E-state index in [2.05, 4.69) is 5.32 Å². The van der Waals surface area contributed by atoms with Crippen LogP contribution < -0.4 is 5.32 Å². The first-order chi connectivity index (χ1) is 9.98. The minimum atomic E-state index is -1.04. The van der Waals surface area contributed by atoms with Crippen LogP contribution >= 0.6 is 0 Å². The van der Waals surface area contributed by atoms with Crippen LogP contribution in [-0.4, -0.2) is 35.6 Å². The second-order valence-corrected chi connectivity index (χ2v) is 5.61. The summed E-state index contributed by atoms with van der Waals surface area (Å²) < 4.78 is 5.56. The van der Waals surface area contributed by atoms with Gasteiger partial charge < -0.3 is 20.3 Å². The van der Waals surface area contributed by atoms with Gasteiger partial charge in [0, 0.05) is 18.9 Å². The number of carbonyl (C=O) groups is 1. The molecule has 0 bridgehead atoms. The number of phenols is 1. The third-order valence-electron chi connectivity index (χ3n) is 4.86. The van der Waals surface area contributed by atoms with Crippen molar-refractivity contribution >= 4 is 6.09 Å². The van der Waals surface area contributed by atoms with Gasteiger partial charge in [-0.25, -0.2) is 4.79 Å². The summed E-state index contributed by atoms with van der Waals surface area (Å²) >= 11 is 0. The zero-order chi connectivity index (χ0) is 15.6. The molecule has 1 amide bonds. The average molecular weight is 293 g/mol. The van der Waals surface area contributed by atoms with Gasteiger partial charge in [-0.3, -0.25) is 0 Å². The molecule has 0 unspecified atom stereocenters. The van der Waals surface area contributed by atoms with Crippen LogP contribution in [0.5, 0.6) is 5.75 Å². The van der Waals surface area contributed by atoms with Crippen molar-refractivity contribution in [2.24, 2.45) is 0 Å². The lowest BCUT2D eigenvalue weighted by molar-refractivity contribution is 0.0253. The molecule has 3 N–H and O–H groups in total. The van der Waals surface area contributed by atoms with Crippen LogP contribution in [0, 0.1) is 0 Å². The van der Waals surface area contributed by atoms with Gasteiger partial charge in [0.2, 0.25) is 0 Å². The zero-order valence-corrected chi connectivity index (χ0v) is 12.7. The molecule has 5 nitrogen and oxygen atoms in total. The Bertz CT molecular complexity index is 525. The molecule has 0 radical (unpaired) electrons. The molecule has 5 heteroatoms. The number of nitrogens with one attached hydrogen (secondary N) is 1. The molecule has 1 aromatic rings. The van der Waals surface area contributed by atoms with Gasteiger partial charge in [0.1, 0.15) is 5.75 Å². The Hall–Kier alpha value is -1.75. The van der Waals surface area contributed by atoms with Crippen molar-refractivity contribution in [2.45, 2.75) is 50.7 Å². The highest BCUT2D eigenvalue weighted by Crippen LogP contribution is 2.44. The number of amides is 1. The maximum absolute atomic E-state index is 11.2. The molecule has 0 spiro atoms. The third kappa shape index (κ3) is 2.58.